The van der Waals surface area contributed by atoms with E-state index in [9.17, 15) is 9.59 Å². The zero-order valence-electron chi connectivity index (χ0n) is 8.80. The molecule has 1 aromatic rings. The highest BCUT2D eigenvalue weighted by atomic mass is 16.2. The van der Waals surface area contributed by atoms with Crippen LogP contribution in [0.25, 0.3) is 0 Å². The van der Waals surface area contributed by atoms with E-state index in [1.54, 1.807) is 24.3 Å². The molecule has 0 saturated heterocycles. The van der Waals surface area contributed by atoms with Crippen LogP contribution in [0.4, 0.5) is 0 Å². The van der Waals surface area contributed by atoms with E-state index in [2.05, 4.69) is 0 Å². The van der Waals surface area contributed by atoms with Crippen LogP contribution in [-0.2, 0) is 4.79 Å². The lowest BCUT2D eigenvalue weighted by Crippen LogP contribution is -2.35. The van der Waals surface area contributed by atoms with Crippen LogP contribution in [0, 0.1) is 11.3 Å². The Morgan fingerprint density at radius 2 is 1.94 bits per heavy atom. The van der Waals surface area contributed by atoms with Gasteiger partial charge < -0.3 is 10.6 Å². The molecule has 0 heterocycles. The number of nitriles is 1. The Kier molecular flexibility index (Phi) is 3.62. The van der Waals surface area contributed by atoms with E-state index in [-0.39, 0.29) is 12.5 Å². The third-order valence-electron chi connectivity index (χ3n) is 2.00. The number of benzene rings is 1. The van der Waals surface area contributed by atoms with Gasteiger partial charge in [0.05, 0.1) is 18.2 Å². The predicted octanol–water partition coefficient (Wildman–Crippen LogP) is 0.116. The van der Waals surface area contributed by atoms with E-state index < -0.39 is 5.91 Å². The van der Waals surface area contributed by atoms with Crippen LogP contribution in [-0.4, -0.2) is 30.3 Å². The van der Waals surface area contributed by atoms with Crippen molar-refractivity contribution >= 4 is 11.8 Å². The largest absolute Gasteiger partial charge is 0.368 e. The van der Waals surface area contributed by atoms with Gasteiger partial charge in [-0.2, -0.15) is 5.26 Å². The average Bonchev–Trinajstić information content (AvgIpc) is 2.27. The van der Waals surface area contributed by atoms with E-state index in [0.717, 1.165) is 0 Å². The molecule has 1 rings (SSSR count). The summed E-state index contributed by atoms with van der Waals surface area (Å²) in [5, 5.41) is 8.59. The number of primary amides is 1. The van der Waals surface area contributed by atoms with Crippen LogP contribution in [0.5, 0.6) is 0 Å². The first-order valence-electron chi connectivity index (χ1n) is 4.58. The molecule has 0 atom stereocenters. The number of carbonyl (C=O) groups is 2. The van der Waals surface area contributed by atoms with Gasteiger partial charge in [-0.25, -0.2) is 0 Å². The Labute approximate surface area is 93.1 Å². The highest BCUT2D eigenvalue weighted by Gasteiger charge is 2.12. The minimum Gasteiger partial charge on any atom is -0.368 e. The van der Waals surface area contributed by atoms with E-state index in [1.807, 2.05) is 6.07 Å². The summed E-state index contributed by atoms with van der Waals surface area (Å²) < 4.78 is 0. The molecule has 16 heavy (non-hydrogen) atoms. The topological polar surface area (TPSA) is 87.2 Å². The Balaban J connectivity index is 2.80. The van der Waals surface area contributed by atoms with Crippen molar-refractivity contribution in [2.45, 2.75) is 0 Å². The van der Waals surface area contributed by atoms with Crippen LogP contribution >= 0.6 is 0 Å². The van der Waals surface area contributed by atoms with Crippen molar-refractivity contribution in [3.63, 3.8) is 0 Å². The Hall–Kier alpha value is -2.35. The monoisotopic (exact) mass is 217 g/mol. The lowest BCUT2D eigenvalue weighted by atomic mass is 10.1. The molecule has 82 valence electrons. The highest BCUT2D eigenvalue weighted by Crippen LogP contribution is 2.05. The lowest BCUT2D eigenvalue weighted by Gasteiger charge is -2.14. The molecule has 0 bridgehead atoms. The summed E-state index contributed by atoms with van der Waals surface area (Å²) >= 11 is 0. The first-order valence-corrected chi connectivity index (χ1v) is 4.58. The molecule has 0 radical (unpaired) electrons. The minimum absolute atomic E-state index is 0.126. The summed E-state index contributed by atoms with van der Waals surface area (Å²) in [6.45, 7) is -0.126. The van der Waals surface area contributed by atoms with Crippen molar-refractivity contribution in [2.75, 3.05) is 13.6 Å². The number of amides is 2. The second-order valence-corrected chi connectivity index (χ2v) is 3.32. The molecular formula is C11H11N3O2. The van der Waals surface area contributed by atoms with E-state index in [1.165, 1.54) is 11.9 Å². The quantitative estimate of drug-likeness (QED) is 0.779. The van der Waals surface area contributed by atoms with Crippen LogP contribution in [0.15, 0.2) is 24.3 Å². The third-order valence-corrected chi connectivity index (χ3v) is 2.00. The molecule has 0 saturated carbocycles. The smallest absolute Gasteiger partial charge is 0.254 e. The van der Waals surface area contributed by atoms with Gasteiger partial charge in [-0.15, -0.1) is 0 Å². The van der Waals surface area contributed by atoms with Crippen molar-refractivity contribution in [1.29, 1.82) is 5.26 Å². The Bertz CT molecular complexity index is 445. The molecule has 2 amide bonds. The van der Waals surface area contributed by atoms with Gasteiger partial charge in [0.15, 0.2) is 0 Å². The molecule has 5 heteroatoms. The summed E-state index contributed by atoms with van der Waals surface area (Å²) in [4.78, 5) is 23.6. The second-order valence-electron chi connectivity index (χ2n) is 3.32. The summed E-state index contributed by atoms with van der Waals surface area (Å²) in [6.07, 6.45) is 0. The summed E-state index contributed by atoms with van der Waals surface area (Å²) in [5.74, 6) is -0.868. The maximum absolute atomic E-state index is 11.7. The fourth-order valence-electron chi connectivity index (χ4n) is 1.21. The lowest BCUT2D eigenvalue weighted by molar-refractivity contribution is -0.118. The second kappa shape index (κ2) is 4.94. The number of hydrogen-bond acceptors (Lipinski definition) is 3. The van der Waals surface area contributed by atoms with Gasteiger partial charge in [0.2, 0.25) is 5.91 Å². The van der Waals surface area contributed by atoms with Gasteiger partial charge in [-0.1, -0.05) is 0 Å². The third kappa shape index (κ3) is 2.82. The molecule has 0 spiro atoms. The van der Waals surface area contributed by atoms with E-state index in [0.29, 0.717) is 11.1 Å². The zero-order chi connectivity index (χ0) is 12.1. The van der Waals surface area contributed by atoms with E-state index >= 15 is 0 Å². The first kappa shape index (κ1) is 11.7. The first-order chi connectivity index (χ1) is 7.54. The standard InChI is InChI=1S/C11H11N3O2/c1-14(7-10(13)15)11(16)9-4-2-8(6-12)3-5-9/h2-5H,7H2,1H3,(H2,13,15). The van der Waals surface area contributed by atoms with Gasteiger partial charge in [0, 0.05) is 12.6 Å². The number of rotatable bonds is 3. The van der Waals surface area contributed by atoms with Crippen molar-refractivity contribution < 1.29 is 9.59 Å². The van der Waals surface area contributed by atoms with Crippen LogP contribution in [0.3, 0.4) is 0 Å². The molecule has 0 aromatic heterocycles. The van der Waals surface area contributed by atoms with Gasteiger partial charge in [-0.05, 0) is 24.3 Å². The van der Waals surface area contributed by atoms with Crippen molar-refractivity contribution in [1.82, 2.24) is 4.90 Å². The maximum Gasteiger partial charge on any atom is 0.254 e. The number of likely N-dealkylation sites (N-methyl/N-ethyl adjacent to an activating group) is 1. The van der Waals surface area contributed by atoms with Gasteiger partial charge >= 0.3 is 0 Å². The number of hydrogen-bond donors (Lipinski definition) is 1. The number of carbonyl (C=O) groups excluding carboxylic acids is 2. The van der Waals surface area contributed by atoms with Gasteiger partial charge in [0.25, 0.3) is 5.91 Å². The fraction of sp³-hybridized carbons (Fsp3) is 0.182. The minimum atomic E-state index is -0.565. The van der Waals surface area contributed by atoms with Gasteiger partial charge in [0.1, 0.15) is 0 Å². The van der Waals surface area contributed by atoms with Crippen LogP contribution in [0.2, 0.25) is 0 Å². The maximum atomic E-state index is 11.7. The molecule has 2 N–H and O–H groups in total. The molecule has 1 aromatic carbocycles. The fourth-order valence-corrected chi connectivity index (χ4v) is 1.21. The predicted molar refractivity (Wildman–Crippen MR) is 57.3 cm³/mol. The van der Waals surface area contributed by atoms with Crippen molar-refractivity contribution in [3.8, 4) is 6.07 Å². The average molecular weight is 217 g/mol. The number of nitrogens with zero attached hydrogens (tertiary/aromatic N) is 2. The molecule has 0 aliphatic carbocycles. The summed E-state index contributed by atoms with van der Waals surface area (Å²) in [5.41, 5.74) is 5.88. The molecule has 0 aliphatic heterocycles. The van der Waals surface area contributed by atoms with Crippen LogP contribution < -0.4 is 5.73 Å². The van der Waals surface area contributed by atoms with Crippen molar-refractivity contribution in [2.24, 2.45) is 5.73 Å². The van der Waals surface area contributed by atoms with E-state index in [4.69, 9.17) is 11.0 Å². The highest BCUT2D eigenvalue weighted by molar-refractivity contribution is 5.96. The Morgan fingerprint density at radius 1 is 1.38 bits per heavy atom. The number of nitrogens with two attached hydrogens (primary N) is 1. The molecule has 0 unspecified atom stereocenters. The summed E-state index contributed by atoms with van der Waals surface area (Å²) in [6, 6.07) is 8.13. The molecular weight excluding hydrogens is 206 g/mol. The van der Waals surface area contributed by atoms with Crippen molar-refractivity contribution in [3.05, 3.63) is 35.4 Å². The SMILES string of the molecule is CN(CC(N)=O)C(=O)c1ccc(C#N)cc1. The normalized spacial score (nSPS) is 9.25. The van der Waals surface area contributed by atoms with Gasteiger partial charge in [-0.3, -0.25) is 9.59 Å². The molecule has 0 aliphatic rings. The summed E-state index contributed by atoms with van der Waals surface area (Å²) in [7, 11) is 1.49. The molecule has 5 nitrogen and oxygen atoms in total. The molecule has 0 fully saturated rings. The Morgan fingerprint density at radius 3 is 2.38 bits per heavy atom. The zero-order valence-corrected chi connectivity index (χ0v) is 8.80. The van der Waals surface area contributed by atoms with Crippen LogP contribution in [0.1, 0.15) is 15.9 Å².